The summed E-state index contributed by atoms with van der Waals surface area (Å²) in [6.07, 6.45) is 0. The number of nitriles is 2. The van der Waals surface area contributed by atoms with Crippen LogP contribution in [0.4, 0.5) is 5.69 Å². The number of nitrogens with one attached hydrogen (secondary N) is 1. The molecule has 0 radical (unpaired) electrons. The van der Waals surface area contributed by atoms with E-state index < -0.39 is 0 Å². The highest BCUT2D eigenvalue weighted by atomic mass is 16.1. The molecule has 0 spiro atoms. The van der Waals surface area contributed by atoms with Gasteiger partial charge in [0.1, 0.15) is 17.7 Å². The van der Waals surface area contributed by atoms with Gasteiger partial charge in [-0.25, -0.2) is 0 Å². The number of benzene rings is 2. The summed E-state index contributed by atoms with van der Waals surface area (Å²) in [5, 5.41) is 23.9. The first kappa shape index (κ1) is 17.7. The molecule has 0 fully saturated rings. The third kappa shape index (κ3) is 2.83. The molecule has 2 aromatic carbocycles. The van der Waals surface area contributed by atoms with E-state index >= 15 is 0 Å². The molecule has 0 amide bonds. The Morgan fingerprint density at radius 2 is 1.73 bits per heavy atom. The van der Waals surface area contributed by atoms with E-state index in [1.165, 1.54) is 0 Å². The van der Waals surface area contributed by atoms with Crippen molar-refractivity contribution in [1.82, 2.24) is 4.90 Å². The topological polar surface area (TPSA) is 79.9 Å². The van der Waals surface area contributed by atoms with Gasteiger partial charge in [0, 0.05) is 40.7 Å². The van der Waals surface area contributed by atoms with Crippen LogP contribution in [0.2, 0.25) is 0 Å². The zero-order valence-corrected chi connectivity index (χ0v) is 15.0. The van der Waals surface area contributed by atoms with E-state index in [-0.39, 0.29) is 16.9 Å². The number of Topliss-reactive ketones (excluding diaryl/α,β-unsaturated/α-hetero) is 1. The fraction of sp³-hybridized carbons (Fsp3) is 0.286. The standard InChI is InChI=1S/C21H20N4O/c1-3-25(4-2)11-10-24-19-9-8-14-17(12-22)18(13-23)21(26)16-7-5-6-15(19)20(14)16/h5-9,24H,3-4,10-11H2,1-2H3. The van der Waals surface area contributed by atoms with Crippen LogP contribution >= 0.6 is 0 Å². The Balaban J connectivity index is 2.06. The molecule has 26 heavy (non-hydrogen) atoms. The molecule has 0 atom stereocenters. The van der Waals surface area contributed by atoms with Crippen molar-refractivity contribution in [2.75, 3.05) is 31.5 Å². The number of allylic oxidation sites excluding steroid dienone is 2. The molecule has 0 unspecified atom stereocenters. The molecule has 0 aromatic heterocycles. The van der Waals surface area contributed by atoms with Crippen molar-refractivity contribution in [3.05, 3.63) is 47.0 Å². The Labute approximate surface area is 153 Å². The van der Waals surface area contributed by atoms with Gasteiger partial charge in [-0.15, -0.1) is 0 Å². The number of rotatable bonds is 6. The molecule has 0 bridgehead atoms. The molecule has 0 heterocycles. The molecule has 2 aromatic rings. The first-order chi connectivity index (χ1) is 12.7. The van der Waals surface area contributed by atoms with Crippen LogP contribution in [0.25, 0.3) is 16.3 Å². The second kappa shape index (κ2) is 7.39. The minimum absolute atomic E-state index is 0.0743. The maximum absolute atomic E-state index is 12.6. The van der Waals surface area contributed by atoms with Crippen molar-refractivity contribution in [1.29, 1.82) is 10.5 Å². The molecule has 5 nitrogen and oxygen atoms in total. The number of anilines is 1. The Bertz CT molecular complexity index is 987. The van der Waals surface area contributed by atoms with E-state index in [1.54, 1.807) is 6.07 Å². The number of ketones is 1. The van der Waals surface area contributed by atoms with E-state index in [4.69, 9.17) is 0 Å². The highest BCUT2D eigenvalue weighted by Crippen LogP contribution is 2.38. The minimum Gasteiger partial charge on any atom is -0.383 e. The summed E-state index contributed by atoms with van der Waals surface area (Å²) in [5.74, 6) is -0.373. The van der Waals surface area contributed by atoms with Crippen molar-refractivity contribution in [3.8, 4) is 12.1 Å². The Morgan fingerprint density at radius 3 is 2.38 bits per heavy atom. The Kier molecular flexibility index (Phi) is 5.02. The molecule has 130 valence electrons. The lowest BCUT2D eigenvalue weighted by atomic mass is 9.83. The highest BCUT2D eigenvalue weighted by molar-refractivity contribution is 6.28. The first-order valence-electron chi connectivity index (χ1n) is 8.77. The largest absolute Gasteiger partial charge is 0.383 e. The smallest absolute Gasteiger partial charge is 0.205 e. The summed E-state index contributed by atoms with van der Waals surface area (Å²) in [5.41, 5.74) is 2.16. The lowest BCUT2D eigenvalue weighted by Gasteiger charge is -2.21. The van der Waals surface area contributed by atoms with Gasteiger partial charge in [-0.05, 0) is 19.2 Å². The van der Waals surface area contributed by atoms with Crippen molar-refractivity contribution in [2.24, 2.45) is 0 Å². The van der Waals surface area contributed by atoms with Crippen molar-refractivity contribution in [3.63, 3.8) is 0 Å². The molecule has 0 saturated heterocycles. The second-order valence-corrected chi connectivity index (χ2v) is 6.15. The summed E-state index contributed by atoms with van der Waals surface area (Å²) in [6, 6.07) is 13.2. The van der Waals surface area contributed by atoms with Gasteiger partial charge in [-0.1, -0.05) is 38.1 Å². The second-order valence-electron chi connectivity index (χ2n) is 6.15. The number of carbonyl (C=O) groups excluding carboxylic acids is 1. The van der Waals surface area contributed by atoms with Gasteiger partial charge in [-0.3, -0.25) is 4.79 Å². The molecule has 1 aliphatic carbocycles. The third-order valence-corrected chi connectivity index (χ3v) is 4.89. The van der Waals surface area contributed by atoms with Gasteiger partial charge in [-0.2, -0.15) is 10.5 Å². The van der Waals surface area contributed by atoms with Crippen molar-refractivity contribution in [2.45, 2.75) is 13.8 Å². The van der Waals surface area contributed by atoms with E-state index in [9.17, 15) is 15.3 Å². The van der Waals surface area contributed by atoms with Crippen LogP contribution in [-0.2, 0) is 0 Å². The number of carbonyl (C=O) groups is 1. The van der Waals surface area contributed by atoms with Crippen LogP contribution in [0, 0.1) is 22.7 Å². The summed E-state index contributed by atoms with van der Waals surface area (Å²) in [4.78, 5) is 15.0. The lowest BCUT2D eigenvalue weighted by Crippen LogP contribution is -2.28. The fourth-order valence-corrected chi connectivity index (χ4v) is 3.45. The summed E-state index contributed by atoms with van der Waals surface area (Å²) < 4.78 is 0. The first-order valence-corrected chi connectivity index (χ1v) is 8.77. The molecular formula is C21H20N4O. The van der Waals surface area contributed by atoms with Crippen LogP contribution in [0.1, 0.15) is 29.8 Å². The average Bonchev–Trinajstić information content (AvgIpc) is 2.68. The monoisotopic (exact) mass is 344 g/mol. The molecule has 3 rings (SSSR count). The fourth-order valence-electron chi connectivity index (χ4n) is 3.45. The van der Waals surface area contributed by atoms with Crippen LogP contribution in [0.15, 0.2) is 35.9 Å². The summed E-state index contributed by atoms with van der Waals surface area (Å²) in [6.45, 7) is 8.00. The maximum Gasteiger partial charge on any atom is 0.205 e. The third-order valence-electron chi connectivity index (χ3n) is 4.89. The molecule has 0 aliphatic heterocycles. The predicted molar refractivity (Wildman–Crippen MR) is 103 cm³/mol. The normalized spacial score (nSPS) is 13.0. The zero-order chi connectivity index (χ0) is 18.7. The van der Waals surface area contributed by atoms with Crippen molar-refractivity contribution >= 4 is 27.8 Å². The van der Waals surface area contributed by atoms with Gasteiger partial charge in [0.15, 0.2) is 0 Å². The zero-order valence-electron chi connectivity index (χ0n) is 15.0. The maximum atomic E-state index is 12.6. The van der Waals surface area contributed by atoms with Crippen LogP contribution < -0.4 is 5.32 Å². The van der Waals surface area contributed by atoms with Crippen molar-refractivity contribution < 1.29 is 4.79 Å². The molecule has 1 N–H and O–H groups in total. The molecule has 5 heteroatoms. The number of hydrogen-bond donors (Lipinski definition) is 1. The number of likely N-dealkylation sites (N-methyl/N-ethyl adjacent to an activating group) is 1. The minimum atomic E-state index is -0.373. The van der Waals surface area contributed by atoms with Gasteiger partial charge in [0.25, 0.3) is 0 Å². The summed E-state index contributed by atoms with van der Waals surface area (Å²) >= 11 is 0. The highest BCUT2D eigenvalue weighted by Gasteiger charge is 2.28. The van der Waals surface area contributed by atoms with Gasteiger partial charge in [0.05, 0.1) is 5.57 Å². The molecule has 1 aliphatic rings. The van der Waals surface area contributed by atoms with E-state index in [2.05, 4.69) is 24.1 Å². The van der Waals surface area contributed by atoms with Crippen LogP contribution in [0.5, 0.6) is 0 Å². The molecule has 0 saturated carbocycles. The summed E-state index contributed by atoms with van der Waals surface area (Å²) in [7, 11) is 0. The van der Waals surface area contributed by atoms with E-state index in [0.717, 1.165) is 42.6 Å². The Morgan fingerprint density at radius 1 is 1.00 bits per heavy atom. The SMILES string of the molecule is CCN(CC)CCNc1ccc2c3c(cccc13)C(=O)C(C#N)=C2C#N. The quantitative estimate of drug-likeness (QED) is 0.866. The van der Waals surface area contributed by atoms with Gasteiger partial charge in [0.2, 0.25) is 5.78 Å². The Hall–Kier alpha value is -3.15. The molecular weight excluding hydrogens is 324 g/mol. The van der Waals surface area contributed by atoms with Gasteiger partial charge < -0.3 is 10.2 Å². The average molecular weight is 344 g/mol. The lowest BCUT2D eigenvalue weighted by molar-refractivity contribution is 0.104. The van der Waals surface area contributed by atoms with Crippen LogP contribution in [-0.4, -0.2) is 36.9 Å². The van der Waals surface area contributed by atoms with E-state index in [0.29, 0.717) is 11.1 Å². The van der Waals surface area contributed by atoms with E-state index in [1.807, 2.05) is 36.4 Å². The van der Waals surface area contributed by atoms with Crippen LogP contribution in [0.3, 0.4) is 0 Å². The number of hydrogen-bond acceptors (Lipinski definition) is 5. The van der Waals surface area contributed by atoms with Gasteiger partial charge >= 0.3 is 0 Å². The number of nitrogens with zero attached hydrogens (tertiary/aromatic N) is 3. The predicted octanol–water partition coefficient (Wildman–Crippen LogP) is 3.59.